The molecule has 6 heteroatoms. The number of carbonyl (C=O) groups is 1. The quantitative estimate of drug-likeness (QED) is 0.846. The van der Waals surface area contributed by atoms with Gasteiger partial charge in [0.2, 0.25) is 0 Å². The van der Waals surface area contributed by atoms with Gasteiger partial charge in [-0.15, -0.1) is 0 Å². The summed E-state index contributed by atoms with van der Waals surface area (Å²) in [4.78, 5) is 12.4. The van der Waals surface area contributed by atoms with E-state index in [1.165, 1.54) is 14.2 Å². The summed E-state index contributed by atoms with van der Waals surface area (Å²) in [6.07, 6.45) is 0. The number of amides is 1. The molecule has 5 nitrogen and oxygen atoms in total. The molecule has 0 radical (unpaired) electrons. The number of carbonyl (C=O) groups excluding carboxylic acids is 1. The van der Waals surface area contributed by atoms with Crippen molar-refractivity contribution in [1.82, 2.24) is 0 Å². The predicted octanol–water partition coefficient (Wildman–Crippen LogP) is 3.50. The van der Waals surface area contributed by atoms with E-state index in [1.807, 2.05) is 6.92 Å². The Hall–Kier alpha value is -2.40. The fourth-order valence-corrected chi connectivity index (χ4v) is 2.41. The summed E-state index contributed by atoms with van der Waals surface area (Å²) in [5.74, 6) is 0.742. The molecule has 3 N–H and O–H groups in total. The van der Waals surface area contributed by atoms with Gasteiger partial charge >= 0.3 is 0 Å². The standard InChI is InChI=1S/C16H17ClN2O3/c1-9-6-11(18)8-12(17)15(9)19-16(20)10-4-5-13(21-2)14(7-10)22-3/h4-8H,18H2,1-3H3,(H,19,20). The average Bonchev–Trinajstić information content (AvgIpc) is 2.49. The number of anilines is 2. The van der Waals surface area contributed by atoms with Gasteiger partial charge in [-0.3, -0.25) is 4.79 Å². The van der Waals surface area contributed by atoms with Crippen molar-refractivity contribution in [2.75, 3.05) is 25.3 Å². The summed E-state index contributed by atoms with van der Waals surface area (Å²) in [6, 6.07) is 8.27. The van der Waals surface area contributed by atoms with Crippen LogP contribution < -0.4 is 20.5 Å². The summed E-state index contributed by atoms with van der Waals surface area (Å²) < 4.78 is 10.3. The van der Waals surface area contributed by atoms with Crippen LogP contribution in [0.25, 0.3) is 0 Å². The number of aryl methyl sites for hydroxylation is 1. The molecule has 0 unspecified atom stereocenters. The summed E-state index contributed by atoms with van der Waals surface area (Å²) >= 11 is 6.13. The molecule has 2 aromatic rings. The van der Waals surface area contributed by atoms with Crippen LogP contribution in [-0.4, -0.2) is 20.1 Å². The first-order valence-electron chi connectivity index (χ1n) is 6.55. The largest absolute Gasteiger partial charge is 0.493 e. The van der Waals surface area contributed by atoms with Crippen LogP contribution in [0.4, 0.5) is 11.4 Å². The molecule has 0 bridgehead atoms. The number of ether oxygens (including phenoxy) is 2. The Kier molecular flexibility index (Phi) is 4.78. The zero-order valence-electron chi connectivity index (χ0n) is 12.6. The maximum Gasteiger partial charge on any atom is 0.255 e. The predicted molar refractivity (Wildman–Crippen MR) is 88.1 cm³/mol. The lowest BCUT2D eigenvalue weighted by atomic mass is 10.1. The Labute approximate surface area is 134 Å². The smallest absolute Gasteiger partial charge is 0.255 e. The van der Waals surface area contributed by atoms with E-state index in [9.17, 15) is 4.79 Å². The van der Waals surface area contributed by atoms with Crippen molar-refractivity contribution in [2.45, 2.75) is 6.92 Å². The molecule has 22 heavy (non-hydrogen) atoms. The van der Waals surface area contributed by atoms with E-state index >= 15 is 0 Å². The Morgan fingerprint density at radius 3 is 2.41 bits per heavy atom. The third kappa shape index (κ3) is 3.26. The lowest BCUT2D eigenvalue weighted by Gasteiger charge is -2.13. The molecule has 0 heterocycles. The summed E-state index contributed by atoms with van der Waals surface area (Å²) in [7, 11) is 3.05. The van der Waals surface area contributed by atoms with Gasteiger partial charge in [-0.1, -0.05) is 11.6 Å². The number of nitrogens with two attached hydrogens (primary N) is 1. The second-order valence-electron chi connectivity index (χ2n) is 4.72. The van der Waals surface area contributed by atoms with E-state index in [0.717, 1.165) is 5.56 Å². The average molecular weight is 321 g/mol. The van der Waals surface area contributed by atoms with Crippen LogP contribution in [-0.2, 0) is 0 Å². The van der Waals surface area contributed by atoms with Gasteiger partial charge in [-0.05, 0) is 42.8 Å². The third-order valence-electron chi connectivity index (χ3n) is 3.19. The van der Waals surface area contributed by atoms with Crippen LogP contribution in [0.2, 0.25) is 5.02 Å². The first kappa shape index (κ1) is 16.0. The normalized spacial score (nSPS) is 10.2. The van der Waals surface area contributed by atoms with Crippen molar-refractivity contribution in [1.29, 1.82) is 0 Å². The number of rotatable bonds is 4. The van der Waals surface area contributed by atoms with Gasteiger partial charge in [0.05, 0.1) is 24.9 Å². The number of methoxy groups -OCH3 is 2. The molecule has 116 valence electrons. The lowest BCUT2D eigenvalue weighted by molar-refractivity contribution is 0.102. The van der Waals surface area contributed by atoms with Crippen LogP contribution in [0.3, 0.4) is 0 Å². The zero-order chi connectivity index (χ0) is 16.3. The molecule has 0 atom stereocenters. The number of hydrogen-bond donors (Lipinski definition) is 2. The van der Waals surface area contributed by atoms with Crippen molar-refractivity contribution in [3.8, 4) is 11.5 Å². The molecule has 2 rings (SSSR count). The lowest BCUT2D eigenvalue weighted by Crippen LogP contribution is -2.13. The minimum atomic E-state index is -0.296. The highest BCUT2D eigenvalue weighted by atomic mass is 35.5. The fourth-order valence-electron chi connectivity index (χ4n) is 2.09. The van der Waals surface area contributed by atoms with Gasteiger partial charge in [0, 0.05) is 11.3 Å². The van der Waals surface area contributed by atoms with Crippen molar-refractivity contribution < 1.29 is 14.3 Å². The van der Waals surface area contributed by atoms with Gasteiger partial charge in [-0.2, -0.15) is 0 Å². The Bertz CT molecular complexity index is 694. The van der Waals surface area contributed by atoms with Crippen LogP contribution >= 0.6 is 11.6 Å². The molecule has 0 aliphatic heterocycles. The van der Waals surface area contributed by atoms with Gasteiger partial charge in [0.15, 0.2) is 11.5 Å². The van der Waals surface area contributed by atoms with Gasteiger partial charge in [0.1, 0.15) is 0 Å². The Morgan fingerprint density at radius 2 is 1.82 bits per heavy atom. The maximum atomic E-state index is 12.4. The molecule has 0 fully saturated rings. The monoisotopic (exact) mass is 320 g/mol. The van der Waals surface area contributed by atoms with Crippen LogP contribution in [0.1, 0.15) is 15.9 Å². The Balaban J connectivity index is 2.30. The molecule has 0 saturated carbocycles. The topological polar surface area (TPSA) is 73.6 Å². The summed E-state index contributed by atoms with van der Waals surface area (Å²) in [5, 5.41) is 3.18. The highest BCUT2D eigenvalue weighted by Crippen LogP contribution is 2.31. The summed E-state index contributed by atoms with van der Waals surface area (Å²) in [6.45, 7) is 1.83. The molecule has 0 spiro atoms. The van der Waals surface area contributed by atoms with E-state index in [-0.39, 0.29) is 5.91 Å². The second kappa shape index (κ2) is 6.58. The third-order valence-corrected chi connectivity index (χ3v) is 3.49. The van der Waals surface area contributed by atoms with E-state index in [2.05, 4.69) is 5.32 Å². The van der Waals surface area contributed by atoms with E-state index in [4.69, 9.17) is 26.8 Å². The molecule has 0 saturated heterocycles. The van der Waals surface area contributed by atoms with Crippen molar-refractivity contribution in [2.24, 2.45) is 0 Å². The maximum absolute atomic E-state index is 12.4. The molecular weight excluding hydrogens is 304 g/mol. The number of halogens is 1. The van der Waals surface area contributed by atoms with E-state index in [0.29, 0.717) is 33.5 Å². The highest BCUT2D eigenvalue weighted by molar-refractivity contribution is 6.34. The van der Waals surface area contributed by atoms with E-state index < -0.39 is 0 Å². The minimum Gasteiger partial charge on any atom is -0.493 e. The number of nitrogen functional groups attached to an aromatic ring is 1. The number of nitrogens with one attached hydrogen (secondary N) is 1. The number of hydrogen-bond acceptors (Lipinski definition) is 4. The second-order valence-corrected chi connectivity index (χ2v) is 5.13. The molecule has 0 aromatic heterocycles. The summed E-state index contributed by atoms with van der Waals surface area (Å²) in [5.41, 5.74) is 8.02. The van der Waals surface area contributed by atoms with Gasteiger partial charge < -0.3 is 20.5 Å². The minimum absolute atomic E-state index is 0.296. The first-order valence-corrected chi connectivity index (χ1v) is 6.93. The van der Waals surface area contributed by atoms with Crippen molar-refractivity contribution >= 4 is 28.9 Å². The van der Waals surface area contributed by atoms with E-state index in [1.54, 1.807) is 30.3 Å². The SMILES string of the molecule is COc1ccc(C(=O)Nc2c(C)cc(N)cc2Cl)cc1OC. The van der Waals surface area contributed by atoms with Crippen LogP contribution in [0, 0.1) is 6.92 Å². The Morgan fingerprint density at radius 1 is 1.14 bits per heavy atom. The first-order chi connectivity index (χ1) is 10.5. The van der Waals surface area contributed by atoms with Crippen molar-refractivity contribution in [3.63, 3.8) is 0 Å². The fraction of sp³-hybridized carbons (Fsp3) is 0.188. The van der Waals surface area contributed by atoms with Crippen molar-refractivity contribution in [3.05, 3.63) is 46.5 Å². The van der Waals surface area contributed by atoms with Gasteiger partial charge in [0.25, 0.3) is 5.91 Å². The molecule has 0 aliphatic carbocycles. The zero-order valence-corrected chi connectivity index (χ0v) is 13.3. The highest BCUT2D eigenvalue weighted by Gasteiger charge is 2.14. The molecule has 2 aromatic carbocycles. The molecular formula is C16H17ClN2O3. The van der Waals surface area contributed by atoms with Crippen LogP contribution in [0.15, 0.2) is 30.3 Å². The number of benzene rings is 2. The van der Waals surface area contributed by atoms with Crippen LogP contribution in [0.5, 0.6) is 11.5 Å². The van der Waals surface area contributed by atoms with Gasteiger partial charge in [-0.25, -0.2) is 0 Å². The molecule has 0 aliphatic rings. The molecule has 1 amide bonds.